The number of hydrogen-bond donors (Lipinski definition) is 0. The first-order valence-electron chi connectivity index (χ1n) is 12.5. The van der Waals surface area contributed by atoms with Crippen molar-refractivity contribution in [2.75, 3.05) is 7.11 Å². The van der Waals surface area contributed by atoms with Gasteiger partial charge in [0, 0.05) is 9.52 Å². The summed E-state index contributed by atoms with van der Waals surface area (Å²) in [6.07, 6.45) is 0. The van der Waals surface area contributed by atoms with Crippen LogP contribution in [0.25, 0.3) is 21.9 Å². The van der Waals surface area contributed by atoms with Gasteiger partial charge in [-0.15, -0.1) is 28.5 Å². The van der Waals surface area contributed by atoms with Gasteiger partial charge in [-0.3, -0.25) is 0 Å². The van der Waals surface area contributed by atoms with Crippen molar-refractivity contribution in [2.45, 2.75) is 80.8 Å². The number of aryl methyl sites for hydroxylation is 4. The van der Waals surface area contributed by atoms with Crippen LogP contribution in [-0.4, -0.2) is 16.6 Å². The van der Waals surface area contributed by atoms with E-state index in [-0.39, 0.29) is 56.4 Å². The van der Waals surface area contributed by atoms with Crippen molar-refractivity contribution >= 4 is 20.3 Å². The topological polar surface area (TPSA) is 9.23 Å². The van der Waals surface area contributed by atoms with E-state index in [0.29, 0.717) is 0 Å². The number of halogens is 2. The molecule has 0 saturated carbocycles. The van der Waals surface area contributed by atoms with Crippen molar-refractivity contribution in [1.29, 1.82) is 0 Å². The maximum Gasteiger partial charge on any atom is 4.00 e. The Bertz CT molecular complexity index is 1260. The molecule has 0 N–H and O–H groups in total. The van der Waals surface area contributed by atoms with Crippen molar-refractivity contribution in [3.63, 3.8) is 0 Å². The molecule has 0 unspecified atom stereocenters. The number of hydrogen-bond acceptors (Lipinski definition) is 1. The molecule has 0 spiro atoms. The van der Waals surface area contributed by atoms with Crippen LogP contribution in [0.1, 0.15) is 59.7 Å². The largest absolute Gasteiger partial charge is 4.00 e. The maximum atomic E-state index is 5.93. The Balaban J connectivity index is 0. The summed E-state index contributed by atoms with van der Waals surface area (Å²) in [5.41, 5.74) is 12.1. The van der Waals surface area contributed by atoms with Gasteiger partial charge in [0.25, 0.3) is 0 Å². The zero-order chi connectivity index (χ0) is 26.5. The molecule has 0 atom stereocenters. The zero-order valence-corrected chi connectivity index (χ0v) is 30.3. The monoisotopic (exact) mass is 644 g/mol. The van der Waals surface area contributed by atoms with Crippen LogP contribution >= 0.6 is 0 Å². The molecule has 0 aliphatic rings. The molecule has 4 aromatic rings. The van der Waals surface area contributed by atoms with E-state index < -0.39 is 0 Å². The van der Waals surface area contributed by atoms with Crippen LogP contribution in [0.4, 0.5) is 0 Å². The molecule has 0 bridgehead atoms. The van der Waals surface area contributed by atoms with Gasteiger partial charge in [-0.2, -0.15) is 34.4 Å². The minimum absolute atomic E-state index is 0. The Kier molecular flexibility index (Phi) is 17.3. The fourth-order valence-corrected chi connectivity index (χ4v) is 4.51. The van der Waals surface area contributed by atoms with Gasteiger partial charge < -0.3 is 29.6 Å². The first kappa shape index (κ1) is 39.0. The van der Waals surface area contributed by atoms with E-state index in [1.54, 1.807) is 7.11 Å². The van der Waals surface area contributed by atoms with E-state index in [1.165, 1.54) is 60.8 Å². The molecular weight excluding hydrogens is 603 g/mol. The van der Waals surface area contributed by atoms with Gasteiger partial charge in [-0.05, 0) is 34.6 Å². The summed E-state index contributed by atoms with van der Waals surface area (Å²) >= 11 is 0. The number of fused-ring (bicyclic) bond motifs is 1. The molecule has 0 aliphatic carbocycles. The summed E-state index contributed by atoms with van der Waals surface area (Å²) in [6.45, 7) is 24.0. The molecule has 1 nitrogen and oxygen atoms in total. The molecule has 204 valence electrons. The molecule has 0 aromatic heterocycles. The van der Waals surface area contributed by atoms with E-state index >= 15 is 0 Å². The standard InChI is InChI=1S/C22H25O.C9H13.C2H6Si.2ClH.Zr/c1-14-11-16-13-19(22(3,4)5)21(23-6)20(18(16)12-14)17-10-8-7-9-15(17)2;1-6-5-7(2)9(4)8(6)3;1-3-2;;;/h7-13H,1-6H3;5H,1-4H3;1-2H3;2*1H;/q2*-1;;;;+4/p-2. The Morgan fingerprint density at radius 2 is 1.29 bits per heavy atom. The first-order valence-corrected chi connectivity index (χ1v) is 14.5. The Hall–Kier alpha value is -1.12. The van der Waals surface area contributed by atoms with Crippen molar-refractivity contribution in [3.8, 4) is 16.9 Å². The van der Waals surface area contributed by atoms with Crippen LogP contribution in [0.3, 0.4) is 0 Å². The second-order valence-corrected chi connectivity index (χ2v) is 11.7. The Morgan fingerprint density at radius 1 is 0.789 bits per heavy atom. The Morgan fingerprint density at radius 3 is 1.68 bits per heavy atom. The van der Waals surface area contributed by atoms with Crippen molar-refractivity contribution in [1.82, 2.24) is 0 Å². The van der Waals surface area contributed by atoms with Gasteiger partial charge in [0.2, 0.25) is 0 Å². The molecule has 0 saturated heterocycles. The molecule has 4 aromatic carbocycles. The second-order valence-electron chi connectivity index (χ2n) is 10.7. The fraction of sp³-hybridized carbons (Fsp3) is 0.394. The van der Waals surface area contributed by atoms with E-state index in [2.05, 4.69) is 124 Å². The average Bonchev–Trinajstić information content (AvgIpc) is 3.26. The van der Waals surface area contributed by atoms with Crippen LogP contribution in [0.15, 0.2) is 48.5 Å². The van der Waals surface area contributed by atoms with Gasteiger partial charge in [-0.1, -0.05) is 92.7 Å². The molecule has 2 radical (unpaired) electrons. The van der Waals surface area contributed by atoms with E-state index in [9.17, 15) is 0 Å². The van der Waals surface area contributed by atoms with E-state index in [1.807, 2.05) is 0 Å². The first-order chi connectivity index (χ1) is 16.4. The summed E-state index contributed by atoms with van der Waals surface area (Å²) in [5, 5.41) is 2.58. The third-order valence-corrected chi connectivity index (χ3v) is 6.71. The van der Waals surface area contributed by atoms with E-state index in [0.717, 1.165) is 15.3 Å². The third-order valence-electron chi connectivity index (χ3n) is 6.71. The molecule has 38 heavy (non-hydrogen) atoms. The van der Waals surface area contributed by atoms with Gasteiger partial charge in [0.15, 0.2) is 0 Å². The van der Waals surface area contributed by atoms with Crippen molar-refractivity contribution in [2.24, 2.45) is 0 Å². The number of methoxy groups -OCH3 is 1. The molecule has 0 amide bonds. The summed E-state index contributed by atoms with van der Waals surface area (Å²) in [6, 6.07) is 17.6. The summed E-state index contributed by atoms with van der Waals surface area (Å²) in [4.78, 5) is 0. The molecule has 0 fully saturated rings. The summed E-state index contributed by atoms with van der Waals surface area (Å²) in [5.74, 6) is 1.00. The fourth-order valence-electron chi connectivity index (χ4n) is 4.51. The molecule has 0 aliphatic heterocycles. The zero-order valence-electron chi connectivity index (χ0n) is 25.3. The SMILES string of the molecule is COc1c(C(C)(C)C)cc2[cH-]c(C)cc2c1-c1ccccc1C.C[Si]C.Cc1[cH-]c(C)c(C)c1C.[Cl-].[Cl-].[Zr+4]. The minimum Gasteiger partial charge on any atom is -1.00 e. The van der Waals surface area contributed by atoms with Gasteiger partial charge in [0.05, 0.1) is 7.11 Å². The van der Waals surface area contributed by atoms with Crippen LogP contribution in [0.5, 0.6) is 5.75 Å². The number of rotatable bonds is 2. The van der Waals surface area contributed by atoms with Crippen LogP contribution in [-0.2, 0) is 31.6 Å². The molecule has 0 heterocycles. The smallest absolute Gasteiger partial charge is 1.00 e. The van der Waals surface area contributed by atoms with Crippen LogP contribution < -0.4 is 29.6 Å². The molecule has 5 heteroatoms. The van der Waals surface area contributed by atoms with Crippen LogP contribution in [0, 0.1) is 41.5 Å². The number of benzene rings is 2. The predicted octanol–water partition coefficient (Wildman–Crippen LogP) is 3.58. The summed E-state index contributed by atoms with van der Waals surface area (Å²) < 4.78 is 5.93. The van der Waals surface area contributed by atoms with Crippen LogP contribution in [0.2, 0.25) is 13.1 Å². The Labute approximate surface area is 266 Å². The molecular formula is C33H44Cl2OSiZr. The third kappa shape index (κ3) is 9.22. The maximum absolute atomic E-state index is 5.93. The summed E-state index contributed by atoms with van der Waals surface area (Å²) in [7, 11) is 2.87. The predicted molar refractivity (Wildman–Crippen MR) is 158 cm³/mol. The van der Waals surface area contributed by atoms with Gasteiger partial charge in [0.1, 0.15) is 5.75 Å². The van der Waals surface area contributed by atoms with Crippen molar-refractivity contribution in [3.05, 3.63) is 87.5 Å². The second kappa shape index (κ2) is 16.9. The minimum atomic E-state index is 0. The van der Waals surface area contributed by atoms with E-state index in [4.69, 9.17) is 4.74 Å². The van der Waals surface area contributed by atoms with Crippen molar-refractivity contribution < 1.29 is 55.8 Å². The van der Waals surface area contributed by atoms with Gasteiger partial charge in [-0.25, -0.2) is 0 Å². The number of ether oxygens (including phenoxy) is 1. The molecule has 4 rings (SSSR count). The quantitative estimate of drug-likeness (QED) is 0.239. The van der Waals surface area contributed by atoms with Gasteiger partial charge >= 0.3 is 26.2 Å². The normalized spacial score (nSPS) is 10.1. The average molecular weight is 647 g/mol.